The maximum atomic E-state index is 3.72. The first-order valence-electron chi connectivity index (χ1n) is 9.21. The van der Waals surface area contributed by atoms with Crippen molar-refractivity contribution >= 4 is 3.81 Å². The topological polar surface area (TPSA) is 0 Å². The predicted octanol–water partition coefficient (Wildman–Crippen LogP) is 7.09. The molecule has 0 atom stereocenters. The van der Waals surface area contributed by atoms with Crippen LogP contribution >= 0.6 is 0 Å². The molecule has 1 heteroatoms. The number of hydrogen-bond acceptors (Lipinski definition) is 0. The van der Waals surface area contributed by atoms with Gasteiger partial charge < -0.3 is 0 Å². The van der Waals surface area contributed by atoms with E-state index < -0.39 is 0 Å². The van der Waals surface area contributed by atoms with Gasteiger partial charge in [-0.15, -0.1) is 37.1 Å². The van der Waals surface area contributed by atoms with Crippen LogP contribution in [0.25, 0.3) is 0 Å². The van der Waals surface area contributed by atoms with Crippen molar-refractivity contribution in [1.82, 2.24) is 0 Å². The second-order valence-electron chi connectivity index (χ2n) is 5.98. The number of rotatable bonds is 0. The monoisotopic (exact) mass is 402 g/mol. The molecule has 0 radical (unpaired) electrons. The Hall–Kier alpha value is -2.28. The van der Waals surface area contributed by atoms with Gasteiger partial charge in [-0.3, -0.25) is 12.2 Å². The molecule has 0 nitrogen and oxygen atoms in total. The third kappa shape index (κ3) is 21.8. The zero-order valence-electron chi connectivity index (χ0n) is 17.1. The van der Waals surface area contributed by atoms with Crippen LogP contribution in [0.2, 0.25) is 0 Å². The first-order chi connectivity index (χ1) is 13.5. The molecule has 0 spiro atoms. The van der Waals surface area contributed by atoms with Crippen molar-refractivity contribution in [2.45, 2.75) is 26.7 Å². The van der Waals surface area contributed by atoms with Crippen molar-refractivity contribution in [1.29, 1.82) is 0 Å². The van der Waals surface area contributed by atoms with Crippen molar-refractivity contribution < 1.29 is 20.0 Å². The molecular weight excluding hydrogens is 372 g/mol. The van der Waals surface area contributed by atoms with E-state index in [0.29, 0.717) is 0 Å². The van der Waals surface area contributed by atoms with Crippen molar-refractivity contribution in [3.63, 3.8) is 0 Å². The molecule has 0 heterocycles. The SMILES string of the molecule is C[C](C)=[Ti].[C-]1=CC=CC1.[C-]1=CC=CC1.[CH2-]c1ccccc1.[CH2-]c1ccccc1. The Bertz CT molecular complexity index is 636. The van der Waals surface area contributed by atoms with Gasteiger partial charge in [0.05, 0.1) is 0 Å². The van der Waals surface area contributed by atoms with E-state index in [4.69, 9.17) is 0 Å². The smallest absolute Gasteiger partial charge is 0.0866 e. The first-order valence-corrected chi connectivity index (χ1v) is 9.99. The van der Waals surface area contributed by atoms with Crippen molar-refractivity contribution in [3.05, 3.63) is 134 Å². The van der Waals surface area contributed by atoms with Crippen molar-refractivity contribution in [2.24, 2.45) is 0 Å². The molecule has 146 valence electrons. The molecule has 0 saturated heterocycles. The molecule has 2 aliphatic carbocycles. The predicted molar refractivity (Wildman–Crippen MR) is 121 cm³/mol. The van der Waals surface area contributed by atoms with E-state index in [1.54, 1.807) is 0 Å². The number of hydrogen-bond donors (Lipinski definition) is 0. The quantitative estimate of drug-likeness (QED) is 0.326. The molecule has 0 aliphatic heterocycles. The summed E-state index contributed by atoms with van der Waals surface area (Å²) < 4.78 is 1.42. The van der Waals surface area contributed by atoms with Crippen LogP contribution in [0.1, 0.15) is 37.8 Å². The number of benzene rings is 2. The molecule has 0 fully saturated rings. The Morgan fingerprint density at radius 1 is 0.714 bits per heavy atom. The van der Waals surface area contributed by atoms with E-state index in [1.165, 1.54) is 3.81 Å². The molecule has 4 rings (SSSR count). The minimum absolute atomic E-state index is 1.01. The zero-order chi connectivity index (χ0) is 20.9. The van der Waals surface area contributed by atoms with Crippen LogP contribution in [0, 0.1) is 26.0 Å². The largest absolute Gasteiger partial charge is 0.273 e. The van der Waals surface area contributed by atoms with Crippen LogP contribution in [-0.4, -0.2) is 3.81 Å². The third-order valence-corrected chi connectivity index (χ3v) is 2.86. The van der Waals surface area contributed by atoms with Crippen LogP contribution in [0.3, 0.4) is 0 Å². The summed E-state index contributed by atoms with van der Waals surface area (Å²) in [6, 6.07) is 19.7. The summed E-state index contributed by atoms with van der Waals surface area (Å²) >= 11 is 2.08. The van der Waals surface area contributed by atoms with Crippen molar-refractivity contribution in [2.75, 3.05) is 0 Å². The molecule has 0 unspecified atom stereocenters. The molecule has 28 heavy (non-hydrogen) atoms. The van der Waals surface area contributed by atoms with E-state index in [9.17, 15) is 0 Å². The van der Waals surface area contributed by atoms with Gasteiger partial charge >= 0.3 is 37.6 Å². The van der Waals surface area contributed by atoms with E-state index in [-0.39, 0.29) is 0 Å². The van der Waals surface area contributed by atoms with E-state index in [0.717, 1.165) is 24.0 Å². The first kappa shape index (κ1) is 25.7. The molecule has 0 bridgehead atoms. The maximum absolute atomic E-state index is 3.72. The summed E-state index contributed by atoms with van der Waals surface area (Å²) in [6.07, 6.45) is 20.0. The fourth-order valence-corrected chi connectivity index (χ4v) is 1.64. The van der Waals surface area contributed by atoms with Gasteiger partial charge in [0.15, 0.2) is 0 Å². The average molecular weight is 402 g/mol. The molecule has 0 N–H and O–H groups in total. The minimum atomic E-state index is 1.01. The Labute approximate surface area is 184 Å². The van der Waals surface area contributed by atoms with Gasteiger partial charge in [0.1, 0.15) is 0 Å². The molecule has 0 amide bonds. The van der Waals surface area contributed by atoms with E-state index in [1.807, 2.05) is 85.0 Å². The van der Waals surface area contributed by atoms with Crippen molar-refractivity contribution in [3.8, 4) is 0 Å². The Kier molecular flexibility index (Phi) is 17.9. The van der Waals surface area contributed by atoms with Crippen LogP contribution in [0.15, 0.2) is 97.1 Å². The van der Waals surface area contributed by atoms with Gasteiger partial charge in [-0.05, 0) is 0 Å². The Balaban J connectivity index is 0.000000331. The summed E-state index contributed by atoms with van der Waals surface area (Å²) in [5.41, 5.74) is 2.14. The van der Waals surface area contributed by atoms with Gasteiger partial charge in [-0.25, -0.2) is 24.3 Å². The normalized spacial score (nSPS) is 11.5. The van der Waals surface area contributed by atoms with Gasteiger partial charge in [0.25, 0.3) is 0 Å². The molecule has 0 saturated carbocycles. The molecule has 2 aromatic rings. The van der Waals surface area contributed by atoms with Crippen LogP contribution < -0.4 is 0 Å². The summed E-state index contributed by atoms with van der Waals surface area (Å²) in [5, 5.41) is 0. The van der Waals surface area contributed by atoms with Gasteiger partial charge in [-0.2, -0.15) is 61.4 Å². The second-order valence-corrected chi connectivity index (χ2v) is 7.54. The second kappa shape index (κ2) is 19.5. The van der Waals surface area contributed by atoms with E-state index in [2.05, 4.69) is 72.0 Å². The summed E-state index contributed by atoms with van der Waals surface area (Å²) in [5.74, 6) is 0. The van der Waals surface area contributed by atoms with Crippen LogP contribution in [0.5, 0.6) is 0 Å². The summed E-state index contributed by atoms with van der Waals surface area (Å²) in [6.45, 7) is 11.6. The Morgan fingerprint density at radius 2 is 1.04 bits per heavy atom. The zero-order valence-corrected chi connectivity index (χ0v) is 18.6. The summed E-state index contributed by atoms with van der Waals surface area (Å²) in [7, 11) is 0. The molecule has 2 aromatic carbocycles. The van der Waals surface area contributed by atoms with Crippen LogP contribution in [0.4, 0.5) is 0 Å². The molecule has 2 aliphatic rings. The van der Waals surface area contributed by atoms with Crippen LogP contribution in [-0.2, 0) is 20.0 Å². The maximum Gasteiger partial charge on any atom is -0.0866 e. The fraction of sp³-hybridized carbons (Fsp3) is 0.148. The van der Waals surface area contributed by atoms with E-state index >= 15 is 0 Å². The van der Waals surface area contributed by atoms with Gasteiger partial charge in [0.2, 0.25) is 0 Å². The fourth-order valence-electron chi connectivity index (χ4n) is 1.64. The average Bonchev–Trinajstić information content (AvgIpc) is 3.42. The van der Waals surface area contributed by atoms with Gasteiger partial charge in [0, 0.05) is 0 Å². The van der Waals surface area contributed by atoms with Gasteiger partial charge in [-0.1, -0.05) is 12.1 Å². The Morgan fingerprint density at radius 3 is 1.14 bits per heavy atom. The third-order valence-electron chi connectivity index (χ3n) is 2.86. The standard InChI is InChI=1S/2C7H7.2C5H5.C3H6.Ti/c2*1-7-5-3-2-4-6-7;2*1-2-4-5-3-1;1-3-2;/h2*2-6H,1H2;2*1-3H,4H2;1-2H3;/q4*-1;;. The minimum Gasteiger partial charge on any atom is -0.273 e. The summed E-state index contributed by atoms with van der Waals surface area (Å²) in [4.78, 5) is 0. The molecule has 0 aromatic heterocycles. The molecular formula is C27H30Ti-4. The number of allylic oxidation sites excluding steroid dienone is 8.